The molecule has 250 valence electrons. The molecule has 1 heterocycles. The van der Waals surface area contributed by atoms with Crippen LogP contribution >= 0.6 is 10.8 Å². The first-order valence-corrected chi connectivity index (χ1v) is 17.7. The average molecular weight is 678 g/mol. The third-order valence-corrected chi connectivity index (χ3v) is 9.05. The van der Waals surface area contributed by atoms with Gasteiger partial charge in [-0.2, -0.15) is 0 Å². The van der Waals surface area contributed by atoms with Gasteiger partial charge >= 0.3 is 6.09 Å². The smallest absolute Gasteiger partial charge is 0.425 e. The molecule has 0 bridgehead atoms. The average Bonchev–Trinajstić information content (AvgIpc) is 2.92. The number of anilines is 2. The fourth-order valence-corrected chi connectivity index (χ4v) is 6.88. The fraction of sp³-hybridized carbons (Fsp3) is 0.400. The quantitative estimate of drug-likeness (QED) is 0.145. The van der Waals surface area contributed by atoms with Crippen LogP contribution in [0.25, 0.3) is 5.76 Å². The molecule has 6 N–H and O–H groups in total. The van der Waals surface area contributed by atoms with Crippen molar-refractivity contribution in [1.29, 1.82) is 0 Å². The number of carbonyl (C=O) groups excluding carboxylic acids is 3. The van der Waals surface area contributed by atoms with Crippen LogP contribution in [0.1, 0.15) is 58.6 Å². The predicted molar refractivity (Wildman–Crippen MR) is 176 cm³/mol. The first-order valence-electron chi connectivity index (χ1n) is 14.4. The van der Waals surface area contributed by atoms with Crippen LogP contribution in [0.5, 0.6) is 0 Å². The molecule has 46 heavy (non-hydrogen) atoms. The molecule has 16 heteroatoms. The zero-order valence-corrected chi connectivity index (χ0v) is 28.0. The molecule has 0 saturated heterocycles. The molecule has 2 aromatic rings. The highest BCUT2D eigenvalue weighted by Crippen LogP contribution is 2.57. The van der Waals surface area contributed by atoms with Gasteiger partial charge < -0.3 is 20.0 Å². The maximum Gasteiger partial charge on any atom is 0.425 e. The number of ether oxygens (including phenoxy) is 1. The lowest BCUT2D eigenvalue weighted by atomic mass is 9.71. The molecule has 1 aliphatic heterocycles. The summed E-state index contributed by atoms with van der Waals surface area (Å²) >= 11 is 0. The van der Waals surface area contributed by atoms with Gasteiger partial charge in [-0.3, -0.25) is 18.6 Å². The van der Waals surface area contributed by atoms with Crippen molar-refractivity contribution in [2.24, 2.45) is 10.3 Å². The number of sulfonamides is 1. The number of aliphatic hydroxyl groups is 1. The minimum Gasteiger partial charge on any atom is -0.506 e. The molecular weight excluding hydrogens is 638 g/mol. The lowest BCUT2D eigenvalue weighted by Crippen LogP contribution is -2.61. The number of amides is 1. The van der Waals surface area contributed by atoms with Gasteiger partial charge in [0.15, 0.2) is 11.6 Å². The zero-order valence-electron chi connectivity index (χ0n) is 26.3. The summed E-state index contributed by atoms with van der Waals surface area (Å²) in [5.74, 6) is -1.53. The number of fused-ring (bicyclic) bond motifs is 2. The number of carbonyl (C=O) groups is 3. The number of hydrogen-bond acceptors (Lipinski definition) is 12. The second-order valence-corrected chi connectivity index (χ2v) is 15.9. The van der Waals surface area contributed by atoms with Crippen LogP contribution in [-0.2, 0) is 29.9 Å². The van der Waals surface area contributed by atoms with E-state index in [-0.39, 0.29) is 40.0 Å². The Kier molecular flexibility index (Phi) is 9.62. The molecule has 0 saturated carbocycles. The molecule has 0 fully saturated rings. The molecule has 14 nitrogen and oxygen atoms in total. The molecule has 2 aliphatic rings. The Labute approximate surface area is 269 Å². The molecule has 0 spiro atoms. The highest BCUT2D eigenvalue weighted by Gasteiger charge is 2.51. The maximum atomic E-state index is 14.8. The lowest BCUT2D eigenvalue weighted by molar-refractivity contribution is -0.126. The van der Waals surface area contributed by atoms with E-state index >= 15 is 0 Å². The normalized spacial score (nSPS) is 19.8. The molecule has 0 aromatic heterocycles. The summed E-state index contributed by atoms with van der Waals surface area (Å²) in [6.07, 6.45) is 1.06. The minimum atomic E-state index is -4.03. The Hall–Kier alpha value is -3.96. The first kappa shape index (κ1) is 34.9. The number of nitrogens with zero attached hydrogens (tertiary/aromatic N) is 2. The van der Waals surface area contributed by atoms with Crippen LogP contribution in [0.15, 0.2) is 57.3 Å². The first-order chi connectivity index (χ1) is 21.3. The lowest BCUT2D eigenvalue weighted by Gasteiger charge is -2.43. The van der Waals surface area contributed by atoms with Crippen LogP contribution in [0.2, 0.25) is 0 Å². The van der Waals surface area contributed by atoms with Gasteiger partial charge in [-0.15, -0.1) is 4.40 Å². The standard InChI is InChI=1S/C30H39N5O9S2/c1-18(2)13-14-30(34-35(15-16-36)28(39)44-29(3,4)5)21-10-8-7-9-20(21)25(37)24(26(30)38)27-31-22-12-11-19(32-45(6,40)41)17-23(22)46(42,43)33-27/h7-12,16-18,32,34,37,42-43H,13-15H2,1-6H3,(H,31,33). The van der Waals surface area contributed by atoms with Crippen LogP contribution < -0.4 is 15.5 Å². The molecule has 1 unspecified atom stereocenters. The number of rotatable bonds is 10. The zero-order chi connectivity index (χ0) is 34.2. The van der Waals surface area contributed by atoms with E-state index in [9.17, 15) is 37.0 Å². The van der Waals surface area contributed by atoms with E-state index in [1.807, 2.05) is 13.8 Å². The molecule has 1 aliphatic carbocycles. The number of amidine groups is 1. The Morgan fingerprint density at radius 3 is 2.48 bits per heavy atom. The molecule has 0 radical (unpaired) electrons. The van der Waals surface area contributed by atoms with Crippen molar-refractivity contribution in [1.82, 2.24) is 10.4 Å². The monoisotopic (exact) mass is 677 g/mol. The number of hydrazine groups is 1. The third-order valence-electron chi connectivity index (χ3n) is 7.08. The fourth-order valence-electron chi connectivity index (χ4n) is 5.13. The molecular formula is C30H39N5O9S2. The van der Waals surface area contributed by atoms with Crippen LogP contribution in [0, 0.1) is 5.92 Å². The highest BCUT2D eigenvalue weighted by molar-refractivity contribution is 8.23. The summed E-state index contributed by atoms with van der Waals surface area (Å²) in [6.45, 7) is 8.38. The number of benzene rings is 2. The second-order valence-electron chi connectivity index (χ2n) is 12.5. The van der Waals surface area contributed by atoms with Gasteiger partial charge in [-0.05, 0) is 63.3 Å². The Bertz CT molecular complexity index is 1730. The summed E-state index contributed by atoms with van der Waals surface area (Å²) in [7, 11) is -7.71. The van der Waals surface area contributed by atoms with Crippen molar-refractivity contribution >= 4 is 61.9 Å². The van der Waals surface area contributed by atoms with E-state index in [0.29, 0.717) is 18.3 Å². The van der Waals surface area contributed by atoms with Crippen LogP contribution in [-0.4, -0.2) is 70.0 Å². The number of nitrogens with one attached hydrogen (secondary N) is 3. The van der Waals surface area contributed by atoms with Gasteiger partial charge in [0, 0.05) is 5.56 Å². The van der Waals surface area contributed by atoms with Gasteiger partial charge in [0.2, 0.25) is 10.0 Å². The van der Waals surface area contributed by atoms with E-state index in [4.69, 9.17) is 4.74 Å². The van der Waals surface area contributed by atoms with Crippen LogP contribution in [0.4, 0.5) is 16.2 Å². The van der Waals surface area contributed by atoms with Gasteiger partial charge in [0.25, 0.3) is 0 Å². The summed E-state index contributed by atoms with van der Waals surface area (Å²) in [4.78, 5) is 39.7. The van der Waals surface area contributed by atoms with Gasteiger partial charge in [-0.25, -0.2) is 23.6 Å². The number of ketones is 1. The van der Waals surface area contributed by atoms with E-state index < -0.39 is 61.7 Å². The van der Waals surface area contributed by atoms with Crippen molar-refractivity contribution in [3.05, 3.63) is 59.2 Å². The Balaban J connectivity index is 1.89. The van der Waals surface area contributed by atoms with Crippen molar-refractivity contribution in [3.63, 3.8) is 0 Å². The van der Waals surface area contributed by atoms with Gasteiger partial charge in [-0.1, -0.05) is 48.9 Å². The van der Waals surface area contributed by atoms with Gasteiger partial charge in [0.05, 0.1) is 24.2 Å². The molecule has 1 amide bonds. The molecule has 1 atom stereocenters. The van der Waals surface area contributed by atoms with E-state index in [1.54, 1.807) is 45.0 Å². The molecule has 2 aromatic carbocycles. The predicted octanol–water partition coefficient (Wildman–Crippen LogP) is 5.03. The number of aliphatic hydroxyl groups excluding tert-OH is 1. The van der Waals surface area contributed by atoms with Crippen molar-refractivity contribution in [2.75, 3.05) is 22.8 Å². The topological polar surface area (TPSA) is 207 Å². The largest absolute Gasteiger partial charge is 0.506 e. The van der Waals surface area contributed by atoms with Crippen molar-refractivity contribution < 1.29 is 41.8 Å². The maximum absolute atomic E-state index is 14.8. The van der Waals surface area contributed by atoms with E-state index in [1.165, 1.54) is 18.2 Å². The van der Waals surface area contributed by atoms with Crippen molar-refractivity contribution in [2.45, 2.75) is 63.5 Å². The van der Waals surface area contributed by atoms with E-state index in [2.05, 4.69) is 19.9 Å². The minimum absolute atomic E-state index is 0.0562. The highest BCUT2D eigenvalue weighted by atomic mass is 32.3. The SMILES string of the molecule is CC(C)CCC1(NN(CC=O)C(=O)OC(C)(C)C)C(=O)C(C2=NS(O)(O)c3cc(NS(C)(=O)=O)ccc3N2)=C(O)c2ccccc21. The summed E-state index contributed by atoms with van der Waals surface area (Å²) < 4.78 is 57.5. The van der Waals surface area contributed by atoms with Gasteiger partial charge in [0.1, 0.15) is 33.7 Å². The Morgan fingerprint density at radius 2 is 1.87 bits per heavy atom. The molecule has 4 rings (SSSR count). The van der Waals surface area contributed by atoms with E-state index in [0.717, 1.165) is 11.3 Å². The second kappa shape index (κ2) is 12.7. The number of aldehydes is 1. The van der Waals surface area contributed by atoms with Crippen LogP contribution in [0.3, 0.4) is 0 Å². The summed E-state index contributed by atoms with van der Waals surface area (Å²) in [5.41, 5.74) is 0.598. The summed E-state index contributed by atoms with van der Waals surface area (Å²) in [6, 6.07) is 10.5. The Morgan fingerprint density at radius 1 is 1.20 bits per heavy atom. The number of Topliss-reactive ketones (excluding diaryl/α,β-unsaturated/α-hetero) is 1. The number of hydrogen-bond donors (Lipinski definition) is 6. The summed E-state index contributed by atoms with van der Waals surface area (Å²) in [5, 5.41) is 15.4. The third kappa shape index (κ3) is 7.36. The van der Waals surface area contributed by atoms with Crippen molar-refractivity contribution in [3.8, 4) is 0 Å².